The van der Waals surface area contributed by atoms with Crippen LogP contribution in [0.4, 0.5) is 0 Å². The van der Waals surface area contributed by atoms with E-state index < -0.39 is 6.10 Å². The van der Waals surface area contributed by atoms with Crippen LogP contribution in [0.3, 0.4) is 0 Å². The van der Waals surface area contributed by atoms with Gasteiger partial charge in [-0.15, -0.1) is 11.3 Å². The molecule has 0 saturated carbocycles. The lowest BCUT2D eigenvalue weighted by Gasteiger charge is -2.16. The van der Waals surface area contributed by atoms with Crippen LogP contribution in [0.1, 0.15) is 42.5 Å². The van der Waals surface area contributed by atoms with Crippen LogP contribution in [0.2, 0.25) is 0 Å². The third kappa shape index (κ3) is 2.76. The van der Waals surface area contributed by atoms with E-state index in [9.17, 15) is 9.90 Å². The zero-order valence-electron chi connectivity index (χ0n) is 11.8. The molecule has 0 saturated heterocycles. The van der Waals surface area contributed by atoms with Crippen molar-refractivity contribution in [3.63, 3.8) is 0 Å². The van der Waals surface area contributed by atoms with E-state index in [4.69, 9.17) is 4.52 Å². The summed E-state index contributed by atoms with van der Waals surface area (Å²) in [5, 5.41) is 15.7. The van der Waals surface area contributed by atoms with Crippen molar-refractivity contribution in [2.45, 2.75) is 26.4 Å². The molecule has 0 aliphatic rings. The number of rotatable bonds is 5. The highest BCUT2D eigenvalue weighted by Crippen LogP contribution is 2.32. The molecular weight excluding hydrogens is 276 g/mol. The van der Waals surface area contributed by atoms with Crippen LogP contribution in [0.5, 0.6) is 0 Å². The van der Waals surface area contributed by atoms with Gasteiger partial charge >= 0.3 is 0 Å². The van der Waals surface area contributed by atoms with Crippen molar-refractivity contribution in [3.8, 4) is 10.6 Å². The molecule has 0 fully saturated rings. The van der Waals surface area contributed by atoms with Crippen molar-refractivity contribution in [1.29, 1.82) is 0 Å². The van der Waals surface area contributed by atoms with Gasteiger partial charge in [-0.3, -0.25) is 4.79 Å². The second kappa shape index (κ2) is 6.19. The first-order chi connectivity index (χ1) is 9.56. The molecule has 1 atom stereocenters. The van der Waals surface area contributed by atoms with E-state index in [1.54, 1.807) is 18.9 Å². The highest BCUT2D eigenvalue weighted by Gasteiger charge is 2.28. The van der Waals surface area contributed by atoms with E-state index in [2.05, 4.69) is 5.16 Å². The van der Waals surface area contributed by atoms with E-state index >= 15 is 0 Å². The predicted molar refractivity (Wildman–Crippen MR) is 77.7 cm³/mol. The Morgan fingerprint density at radius 1 is 1.60 bits per heavy atom. The molecule has 0 radical (unpaired) electrons. The van der Waals surface area contributed by atoms with Crippen molar-refractivity contribution < 1.29 is 14.4 Å². The molecule has 0 spiro atoms. The number of hydrogen-bond donors (Lipinski definition) is 1. The minimum atomic E-state index is -0.870. The fourth-order valence-corrected chi connectivity index (χ4v) is 2.72. The summed E-state index contributed by atoms with van der Waals surface area (Å²) in [5.74, 6) is 0.0498. The van der Waals surface area contributed by atoms with E-state index in [0.29, 0.717) is 17.8 Å². The van der Waals surface area contributed by atoms with Gasteiger partial charge in [0.15, 0.2) is 5.76 Å². The maximum Gasteiger partial charge on any atom is 0.259 e. The first-order valence-corrected chi connectivity index (χ1v) is 7.41. The Hall–Kier alpha value is -1.66. The second-order valence-corrected chi connectivity index (χ2v) is 5.60. The van der Waals surface area contributed by atoms with E-state index in [1.807, 2.05) is 24.4 Å². The van der Waals surface area contributed by atoms with Gasteiger partial charge < -0.3 is 14.5 Å². The highest BCUT2D eigenvalue weighted by molar-refractivity contribution is 7.13. The van der Waals surface area contributed by atoms with Gasteiger partial charge in [0, 0.05) is 13.6 Å². The molecule has 108 valence electrons. The third-order valence-electron chi connectivity index (χ3n) is 2.97. The van der Waals surface area contributed by atoms with Gasteiger partial charge in [0.25, 0.3) is 5.91 Å². The molecule has 1 N–H and O–H groups in total. The molecule has 2 rings (SSSR count). The Labute approximate surface area is 121 Å². The Morgan fingerprint density at radius 3 is 2.90 bits per heavy atom. The number of aliphatic hydroxyl groups is 1. The summed E-state index contributed by atoms with van der Waals surface area (Å²) in [6, 6.07) is 3.77. The lowest BCUT2D eigenvalue weighted by molar-refractivity contribution is 0.0783. The van der Waals surface area contributed by atoms with Crippen LogP contribution >= 0.6 is 11.3 Å². The topological polar surface area (TPSA) is 66.6 Å². The van der Waals surface area contributed by atoms with Crippen LogP contribution < -0.4 is 0 Å². The van der Waals surface area contributed by atoms with E-state index in [1.165, 1.54) is 11.3 Å². The average Bonchev–Trinajstić information content (AvgIpc) is 3.06. The minimum absolute atomic E-state index is 0.174. The number of thiophene rings is 1. The summed E-state index contributed by atoms with van der Waals surface area (Å²) in [4.78, 5) is 15.0. The Balaban J connectivity index is 2.48. The Morgan fingerprint density at radius 2 is 2.35 bits per heavy atom. The maximum atomic E-state index is 12.6. The van der Waals surface area contributed by atoms with Crippen molar-refractivity contribution in [1.82, 2.24) is 10.1 Å². The minimum Gasteiger partial charge on any atom is -0.385 e. The number of carbonyl (C=O) groups excluding carboxylic acids is 1. The monoisotopic (exact) mass is 294 g/mol. The number of hydrogen-bond acceptors (Lipinski definition) is 5. The molecule has 0 aliphatic carbocycles. The van der Waals surface area contributed by atoms with Crippen molar-refractivity contribution >= 4 is 17.2 Å². The fourth-order valence-electron chi connectivity index (χ4n) is 2.00. The molecule has 0 aromatic carbocycles. The van der Waals surface area contributed by atoms with Crippen molar-refractivity contribution in [2.24, 2.45) is 0 Å². The van der Waals surface area contributed by atoms with Gasteiger partial charge in [0.1, 0.15) is 17.4 Å². The Bertz CT molecular complexity index is 575. The average molecular weight is 294 g/mol. The van der Waals surface area contributed by atoms with Gasteiger partial charge in [0.2, 0.25) is 0 Å². The number of nitrogens with zero attached hydrogens (tertiary/aromatic N) is 2. The second-order valence-electron chi connectivity index (χ2n) is 4.65. The summed E-state index contributed by atoms with van der Waals surface area (Å²) in [6.45, 7) is 4.22. The summed E-state index contributed by atoms with van der Waals surface area (Å²) in [5.41, 5.74) is 0.863. The van der Waals surface area contributed by atoms with Gasteiger partial charge in [0.05, 0.1) is 4.88 Å². The zero-order valence-corrected chi connectivity index (χ0v) is 12.6. The van der Waals surface area contributed by atoms with E-state index in [0.717, 1.165) is 11.3 Å². The lowest BCUT2D eigenvalue weighted by atomic mass is 10.1. The van der Waals surface area contributed by atoms with Crippen LogP contribution in [0.25, 0.3) is 10.6 Å². The number of carbonyl (C=O) groups is 1. The molecule has 0 aliphatic heterocycles. The zero-order chi connectivity index (χ0) is 14.7. The Kier molecular flexibility index (Phi) is 4.57. The summed E-state index contributed by atoms with van der Waals surface area (Å²) in [7, 11) is 1.74. The van der Waals surface area contributed by atoms with Crippen LogP contribution in [0.15, 0.2) is 22.0 Å². The predicted octanol–water partition coefficient (Wildman–Crippen LogP) is 2.94. The standard InChI is InChI=1S/C14H18N2O3S/c1-4-7-16(3)14(18)11-12(10-6-5-8-20-10)15-19-13(11)9(2)17/h5-6,8-9,17H,4,7H2,1-3H3/t9-/m0/s1. The van der Waals surface area contributed by atoms with Crippen LogP contribution in [-0.4, -0.2) is 34.7 Å². The first kappa shape index (κ1) is 14.7. The smallest absolute Gasteiger partial charge is 0.259 e. The maximum absolute atomic E-state index is 12.6. The molecule has 20 heavy (non-hydrogen) atoms. The molecule has 2 heterocycles. The highest BCUT2D eigenvalue weighted by atomic mass is 32.1. The molecule has 0 bridgehead atoms. The van der Waals surface area contributed by atoms with Crippen LogP contribution in [0, 0.1) is 0 Å². The van der Waals surface area contributed by atoms with Crippen LogP contribution in [-0.2, 0) is 0 Å². The molecule has 5 nitrogen and oxygen atoms in total. The summed E-state index contributed by atoms with van der Waals surface area (Å²) in [6.07, 6.45) is -0.00326. The third-order valence-corrected chi connectivity index (χ3v) is 3.85. The number of amides is 1. The summed E-state index contributed by atoms with van der Waals surface area (Å²) < 4.78 is 5.19. The number of aromatic nitrogens is 1. The summed E-state index contributed by atoms with van der Waals surface area (Å²) >= 11 is 1.48. The molecule has 6 heteroatoms. The largest absolute Gasteiger partial charge is 0.385 e. The molecule has 2 aromatic rings. The number of aliphatic hydroxyl groups excluding tert-OH is 1. The van der Waals surface area contributed by atoms with Crippen molar-refractivity contribution in [2.75, 3.05) is 13.6 Å². The van der Waals surface area contributed by atoms with Gasteiger partial charge in [-0.1, -0.05) is 18.1 Å². The first-order valence-electron chi connectivity index (χ1n) is 6.53. The SMILES string of the molecule is CCCN(C)C(=O)c1c(-c2cccs2)noc1[C@H](C)O. The molecular formula is C14H18N2O3S. The van der Waals surface area contributed by atoms with Gasteiger partial charge in [-0.25, -0.2) is 0 Å². The molecule has 0 unspecified atom stereocenters. The van der Waals surface area contributed by atoms with E-state index in [-0.39, 0.29) is 11.7 Å². The lowest BCUT2D eigenvalue weighted by Crippen LogP contribution is -2.28. The molecule has 1 amide bonds. The normalized spacial score (nSPS) is 12.4. The fraction of sp³-hybridized carbons (Fsp3) is 0.429. The van der Waals surface area contributed by atoms with Gasteiger partial charge in [-0.2, -0.15) is 0 Å². The van der Waals surface area contributed by atoms with Crippen molar-refractivity contribution in [3.05, 3.63) is 28.8 Å². The molecule has 2 aromatic heterocycles. The quantitative estimate of drug-likeness (QED) is 0.920. The van der Waals surface area contributed by atoms with Gasteiger partial charge in [-0.05, 0) is 24.8 Å².